The molecule has 0 radical (unpaired) electrons. The lowest BCUT2D eigenvalue weighted by Crippen LogP contribution is -2.28. The second-order valence-corrected chi connectivity index (χ2v) is 7.97. The topological polar surface area (TPSA) is 58.6 Å². The summed E-state index contributed by atoms with van der Waals surface area (Å²) in [6.07, 6.45) is 0.243. The van der Waals surface area contributed by atoms with Gasteiger partial charge in [-0.05, 0) is 60.9 Å². The van der Waals surface area contributed by atoms with E-state index in [1.165, 1.54) is 5.56 Å². The summed E-state index contributed by atoms with van der Waals surface area (Å²) in [5.74, 6) is 1.06. The summed E-state index contributed by atoms with van der Waals surface area (Å²) < 4.78 is 5.97. The Morgan fingerprint density at radius 2 is 1.74 bits per heavy atom. The molecule has 4 rings (SSSR count). The average Bonchev–Trinajstić information content (AvgIpc) is 3.14. The van der Waals surface area contributed by atoms with Crippen LogP contribution in [-0.4, -0.2) is 23.3 Å². The smallest absolute Gasteiger partial charge is 0.229 e. The van der Waals surface area contributed by atoms with Crippen molar-refractivity contribution in [2.24, 2.45) is 5.92 Å². The first-order valence-corrected chi connectivity index (χ1v) is 10.5. The number of amides is 2. The minimum Gasteiger partial charge on any atom is -0.457 e. The Labute approximate surface area is 182 Å². The zero-order chi connectivity index (χ0) is 21.8. The number of ether oxygens (including phenoxy) is 1. The first-order valence-electron chi connectivity index (χ1n) is 10.5. The van der Waals surface area contributed by atoms with Gasteiger partial charge in [0.05, 0.1) is 5.92 Å². The van der Waals surface area contributed by atoms with Crippen LogP contribution in [-0.2, 0) is 16.1 Å². The number of rotatable bonds is 6. The molecular formula is C26H26N2O3. The Morgan fingerprint density at radius 1 is 1.00 bits per heavy atom. The van der Waals surface area contributed by atoms with Crippen molar-refractivity contribution < 1.29 is 14.3 Å². The number of hydrogen-bond acceptors (Lipinski definition) is 3. The van der Waals surface area contributed by atoms with Crippen LogP contribution in [0.25, 0.3) is 0 Å². The van der Waals surface area contributed by atoms with E-state index in [2.05, 4.69) is 18.3 Å². The maximum atomic E-state index is 12.7. The van der Waals surface area contributed by atoms with Crippen molar-refractivity contribution in [2.45, 2.75) is 26.8 Å². The SMILES string of the molecule is Cc1cccc(Oc2ccc(NC(=O)[C@H]3CC(=O)N(Cc4ccccc4)C3)cc2)c1C. The van der Waals surface area contributed by atoms with E-state index in [0.717, 1.165) is 16.9 Å². The second kappa shape index (κ2) is 9.04. The van der Waals surface area contributed by atoms with E-state index in [9.17, 15) is 9.59 Å². The summed E-state index contributed by atoms with van der Waals surface area (Å²) in [6, 6.07) is 23.1. The summed E-state index contributed by atoms with van der Waals surface area (Å²) >= 11 is 0. The summed E-state index contributed by atoms with van der Waals surface area (Å²) in [7, 11) is 0. The molecule has 2 amide bonds. The van der Waals surface area contributed by atoms with Crippen molar-refractivity contribution in [1.29, 1.82) is 0 Å². The van der Waals surface area contributed by atoms with E-state index in [0.29, 0.717) is 24.5 Å². The molecule has 0 saturated carbocycles. The Hall–Kier alpha value is -3.60. The van der Waals surface area contributed by atoms with Gasteiger partial charge in [0.2, 0.25) is 11.8 Å². The third-order valence-electron chi connectivity index (χ3n) is 5.71. The fourth-order valence-corrected chi connectivity index (χ4v) is 3.72. The average molecular weight is 415 g/mol. The predicted molar refractivity (Wildman–Crippen MR) is 121 cm³/mol. The number of likely N-dealkylation sites (tertiary alicyclic amines) is 1. The molecule has 5 heteroatoms. The number of nitrogens with zero attached hydrogens (tertiary/aromatic N) is 1. The second-order valence-electron chi connectivity index (χ2n) is 7.97. The summed E-state index contributed by atoms with van der Waals surface area (Å²) in [5, 5.41) is 2.93. The highest BCUT2D eigenvalue weighted by atomic mass is 16.5. The van der Waals surface area contributed by atoms with E-state index >= 15 is 0 Å². The standard InChI is InChI=1S/C26H26N2O3/c1-18-7-6-10-24(19(18)2)31-23-13-11-22(12-14-23)27-26(30)21-15-25(29)28(17-21)16-20-8-4-3-5-9-20/h3-14,21H,15-17H2,1-2H3,(H,27,30)/t21-/m0/s1. The van der Waals surface area contributed by atoms with Gasteiger partial charge in [-0.1, -0.05) is 42.5 Å². The number of hydrogen-bond donors (Lipinski definition) is 1. The molecule has 1 saturated heterocycles. The van der Waals surface area contributed by atoms with Gasteiger partial charge in [-0.3, -0.25) is 9.59 Å². The van der Waals surface area contributed by atoms with Gasteiger partial charge in [0, 0.05) is 25.2 Å². The van der Waals surface area contributed by atoms with Gasteiger partial charge < -0.3 is 15.0 Å². The Kier molecular flexibility index (Phi) is 6.03. The van der Waals surface area contributed by atoms with Gasteiger partial charge in [0.15, 0.2) is 0 Å². The lowest BCUT2D eigenvalue weighted by atomic mass is 10.1. The van der Waals surface area contributed by atoms with Gasteiger partial charge in [0.25, 0.3) is 0 Å². The molecule has 1 N–H and O–H groups in total. The van der Waals surface area contributed by atoms with Gasteiger partial charge >= 0.3 is 0 Å². The lowest BCUT2D eigenvalue weighted by Gasteiger charge is -2.16. The number of benzene rings is 3. The molecule has 0 spiro atoms. The fourth-order valence-electron chi connectivity index (χ4n) is 3.72. The van der Waals surface area contributed by atoms with E-state index in [4.69, 9.17) is 4.74 Å². The third kappa shape index (κ3) is 4.94. The van der Waals surface area contributed by atoms with Crippen LogP contribution in [0.3, 0.4) is 0 Å². The van der Waals surface area contributed by atoms with E-state index in [1.807, 2.05) is 73.7 Å². The molecule has 0 aliphatic carbocycles. The lowest BCUT2D eigenvalue weighted by molar-refractivity contribution is -0.128. The molecule has 3 aromatic rings. The predicted octanol–water partition coefficient (Wildman–Crippen LogP) is 5.08. The Bertz CT molecular complexity index is 1080. The molecule has 1 heterocycles. The van der Waals surface area contributed by atoms with Crippen LogP contribution < -0.4 is 10.1 Å². The van der Waals surface area contributed by atoms with Crippen molar-refractivity contribution in [3.05, 3.63) is 89.5 Å². The molecule has 158 valence electrons. The van der Waals surface area contributed by atoms with E-state index in [-0.39, 0.29) is 24.2 Å². The normalized spacial score (nSPS) is 15.7. The quantitative estimate of drug-likeness (QED) is 0.612. The van der Waals surface area contributed by atoms with Crippen molar-refractivity contribution in [3.8, 4) is 11.5 Å². The van der Waals surface area contributed by atoms with Crippen LogP contribution in [0, 0.1) is 19.8 Å². The number of carbonyl (C=O) groups is 2. The molecule has 1 aliphatic heterocycles. The van der Waals surface area contributed by atoms with Crippen LogP contribution in [0.15, 0.2) is 72.8 Å². The van der Waals surface area contributed by atoms with Crippen molar-refractivity contribution in [1.82, 2.24) is 4.90 Å². The van der Waals surface area contributed by atoms with Gasteiger partial charge in [-0.15, -0.1) is 0 Å². The highest BCUT2D eigenvalue weighted by molar-refractivity contribution is 5.97. The van der Waals surface area contributed by atoms with E-state index < -0.39 is 0 Å². The van der Waals surface area contributed by atoms with Gasteiger partial charge in [-0.2, -0.15) is 0 Å². The highest BCUT2D eigenvalue weighted by Crippen LogP contribution is 2.28. The zero-order valence-electron chi connectivity index (χ0n) is 17.8. The van der Waals surface area contributed by atoms with Crippen molar-refractivity contribution >= 4 is 17.5 Å². The highest BCUT2D eigenvalue weighted by Gasteiger charge is 2.34. The maximum Gasteiger partial charge on any atom is 0.229 e. The Morgan fingerprint density at radius 3 is 2.48 bits per heavy atom. The zero-order valence-corrected chi connectivity index (χ0v) is 17.8. The number of nitrogens with one attached hydrogen (secondary N) is 1. The third-order valence-corrected chi connectivity index (χ3v) is 5.71. The van der Waals surface area contributed by atoms with E-state index in [1.54, 1.807) is 4.90 Å². The summed E-state index contributed by atoms with van der Waals surface area (Å²) in [4.78, 5) is 26.8. The molecular weight excluding hydrogens is 388 g/mol. The minimum absolute atomic E-state index is 0.0151. The first-order chi connectivity index (χ1) is 15.0. The number of anilines is 1. The number of aryl methyl sites for hydroxylation is 1. The van der Waals surface area contributed by atoms with Crippen molar-refractivity contribution in [3.63, 3.8) is 0 Å². The molecule has 1 aliphatic rings. The first kappa shape index (κ1) is 20.7. The molecule has 1 atom stereocenters. The number of carbonyl (C=O) groups excluding carboxylic acids is 2. The van der Waals surface area contributed by atoms with Gasteiger partial charge in [-0.25, -0.2) is 0 Å². The van der Waals surface area contributed by atoms with Crippen LogP contribution in [0.5, 0.6) is 11.5 Å². The maximum absolute atomic E-state index is 12.7. The minimum atomic E-state index is -0.345. The van der Waals surface area contributed by atoms with Crippen molar-refractivity contribution in [2.75, 3.05) is 11.9 Å². The van der Waals surface area contributed by atoms with Crippen LogP contribution in [0.2, 0.25) is 0 Å². The summed E-state index contributed by atoms with van der Waals surface area (Å²) in [6.45, 7) is 5.06. The Balaban J connectivity index is 1.34. The van der Waals surface area contributed by atoms with Gasteiger partial charge in [0.1, 0.15) is 11.5 Å². The van der Waals surface area contributed by atoms with Crippen LogP contribution >= 0.6 is 0 Å². The monoisotopic (exact) mass is 414 g/mol. The van der Waals surface area contributed by atoms with Crippen LogP contribution in [0.4, 0.5) is 5.69 Å². The molecule has 0 unspecified atom stereocenters. The molecule has 0 bridgehead atoms. The largest absolute Gasteiger partial charge is 0.457 e. The molecule has 3 aromatic carbocycles. The molecule has 1 fully saturated rings. The fraction of sp³-hybridized carbons (Fsp3) is 0.231. The molecule has 31 heavy (non-hydrogen) atoms. The van der Waals surface area contributed by atoms with Crippen LogP contribution in [0.1, 0.15) is 23.1 Å². The molecule has 0 aromatic heterocycles. The molecule has 5 nitrogen and oxygen atoms in total. The summed E-state index contributed by atoms with van der Waals surface area (Å²) in [5.41, 5.74) is 4.03.